The predicted molar refractivity (Wildman–Crippen MR) is 127 cm³/mol. The number of nitrogens with one attached hydrogen (secondary N) is 2. The summed E-state index contributed by atoms with van der Waals surface area (Å²) in [5.74, 6) is 4.97. The summed E-state index contributed by atoms with van der Waals surface area (Å²) in [6, 6.07) is 4.51. The molecule has 1 aromatic heterocycles. The molecule has 0 spiro atoms. The number of nitrogens with zero attached hydrogens (tertiary/aromatic N) is 3. The number of hydrogen-bond donors (Lipinski definition) is 5. The van der Waals surface area contributed by atoms with Gasteiger partial charge in [-0.25, -0.2) is 14.5 Å². The molecule has 1 amide bonds. The molecule has 0 saturated heterocycles. The summed E-state index contributed by atoms with van der Waals surface area (Å²) in [5, 5.41) is 11.5. The van der Waals surface area contributed by atoms with Gasteiger partial charge in [-0.3, -0.25) is 4.79 Å². The molecular weight excluding hydrogens is 431 g/mol. The van der Waals surface area contributed by atoms with E-state index in [1.807, 2.05) is 20.0 Å². The van der Waals surface area contributed by atoms with E-state index in [2.05, 4.69) is 9.62 Å². The first-order chi connectivity index (χ1) is 15.1. The lowest BCUT2D eigenvalue weighted by molar-refractivity contribution is 0.0942. The van der Waals surface area contributed by atoms with Crippen LogP contribution in [0.5, 0.6) is 0 Å². The fraction of sp³-hybridized carbons (Fsp3) is 0.333. The van der Waals surface area contributed by atoms with Crippen LogP contribution in [0.2, 0.25) is 0 Å². The van der Waals surface area contributed by atoms with Crippen molar-refractivity contribution in [3.63, 3.8) is 0 Å². The maximum atomic E-state index is 14.4. The van der Waals surface area contributed by atoms with E-state index in [9.17, 15) is 9.18 Å². The highest BCUT2D eigenvalue weighted by atomic mass is 32.2. The van der Waals surface area contributed by atoms with Crippen molar-refractivity contribution in [2.24, 2.45) is 18.6 Å². The van der Waals surface area contributed by atoms with Gasteiger partial charge in [0.05, 0.1) is 11.4 Å². The van der Waals surface area contributed by atoms with E-state index >= 15 is 0 Å². The second-order valence-corrected chi connectivity index (χ2v) is 8.83. The quantitative estimate of drug-likeness (QED) is 0.140. The molecule has 0 radical (unpaired) electrons. The maximum Gasteiger partial charge on any atom is 0.268 e. The first kappa shape index (κ1) is 23.6. The highest BCUT2D eigenvalue weighted by Crippen LogP contribution is 2.32. The Morgan fingerprint density at radius 2 is 2.12 bits per heavy atom. The zero-order valence-electron chi connectivity index (χ0n) is 18.4. The number of benzene rings is 1. The number of hydrazine groups is 1. The van der Waals surface area contributed by atoms with Gasteiger partial charge in [-0.2, -0.15) is 0 Å². The van der Waals surface area contributed by atoms with E-state index in [1.165, 1.54) is 35.3 Å². The summed E-state index contributed by atoms with van der Waals surface area (Å²) in [6.45, 7) is 3.20. The van der Waals surface area contributed by atoms with Gasteiger partial charge in [-0.05, 0) is 37.1 Å². The Balaban J connectivity index is 1.76. The maximum absolute atomic E-state index is 14.4. The molecule has 0 unspecified atom stereocenters. The number of anilines is 2. The van der Waals surface area contributed by atoms with E-state index in [0.717, 1.165) is 28.4 Å². The molecule has 0 saturated carbocycles. The molecule has 0 atom stereocenters. The average Bonchev–Trinajstić information content (AvgIpc) is 3.03. The summed E-state index contributed by atoms with van der Waals surface area (Å²) in [4.78, 5) is 13.8. The first-order valence-corrected chi connectivity index (χ1v) is 10.8. The number of carbonyl (C=O) groups is 1. The highest BCUT2D eigenvalue weighted by molar-refractivity contribution is 7.97. The second kappa shape index (κ2) is 9.63. The predicted octanol–water partition coefficient (Wildman–Crippen LogP) is 1.87. The Labute approximate surface area is 191 Å². The number of amides is 1. The van der Waals surface area contributed by atoms with Crippen molar-refractivity contribution in [3.05, 3.63) is 52.2 Å². The standard InChI is InChI=1S/C21H29FN8OS/c1-12-19(32-30-7-6-16(24)13(9-23)11-30)8-18(28(12)2)21(31)27-10-14-15(22)4-5-17(25)20(14)29(3)26/h4-5,8-9,23H,6-7,10-11,24-26H2,1-3H3,(H,27,31). The van der Waals surface area contributed by atoms with Crippen LogP contribution in [0.3, 0.4) is 0 Å². The van der Waals surface area contributed by atoms with Gasteiger partial charge in [-0.1, -0.05) is 0 Å². The summed E-state index contributed by atoms with van der Waals surface area (Å²) in [5.41, 5.74) is 15.7. The Morgan fingerprint density at radius 1 is 1.41 bits per heavy atom. The molecule has 2 aromatic rings. The molecule has 3 rings (SSSR count). The minimum absolute atomic E-state index is 0.0574. The van der Waals surface area contributed by atoms with Crippen LogP contribution >= 0.6 is 11.9 Å². The van der Waals surface area contributed by atoms with Crippen LogP contribution in [0.25, 0.3) is 0 Å². The number of aromatic nitrogens is 1. The third-order valence-electron chi connectivity index (χ3n) is 5.55. The van der Waals surface area contributed by atoms with Crippen LogP contribution in [-0.2, 0) is 13.6 Å². The Morgan fingerprint density at radius 3 is 2.78 bits per heavy atom. The van der Waals surface area contributed by atoms with E-state index in [4.69, 9.17) is 22.7 Å². The minimum atomic E-state index is -0.495. The zero-order valence-corrected chi connectivity index (χ0v) is 19.2. The van der Waals surface area contributed by atoms with Crippen molar-refractivity contribution >= 4 is 35.4 Å². The van der Waals surface area contributed by atoms with Crippen LogP contribution in [-0.4, -0.2) is 41.1 Å². The molecule has 1 aliphatic rings. The van der Waals surface area contributed by atoms with E-state index in [1.54, 1.807) is 11.6 Å². The Kier molecular flexibility index (Phi) is 7.12. The zero-order chi connectivity index (χ0) is 23.6. The van der Waals surface area contributed by atoms with Crippen molar-refractivity contribution < 1.29 is 9.18 Å². The van der Waals surface area contributed by atoms with Crippen LogP contribution in [0.4, 0.5) is 15.8 Å². The molecule has 32 heavy (non-hydrogen) atoms. The molecule has 1 aliphatic heterocycles. The minimum Gasteiger partial charge on any atom is -0.402 e. The molecule has 0 bridgehead atoms. The molecule has 1 aromatic carbocycles. The number of carbonyl (C=O) groups excluding carboxylic acids is 1. The number of halogens is 1. The van der Waals surface area contributed by atoms with Gasteiger partial charge in [0.15, 0.2) is 0 Å². The van der Waals surface area contributed by atoms with Crippen molar-refractivity contribution in [1.29, 1.82) is 5.41 Å². The van der Waals surface area contributed by atoms with Gasteiger partial charge in [0, 0.05) is 73.8 Å². The van der Waals surface area contributed by atoms with E-state index in [-0.39, 0.29) is 18.0 Å². The molecule has 0 aliphatic carbocycles. The number of nitrogen functional groups attached to an aromatic ring is 1. The number of hydrogen-bond acceptors (Lipinski definition) is 8. The van der Waals surface area contributed by atoms with Crippen molar-refractivity contribution in [3.8, 4) is 0 Å². The molecular formula is C21H29FN8OS. The molecule has 2 heterocycles. The van der Waals surface area contributed by atoms with Gasteiger partial charge in [0.25, 0.3) is 5.91 Å². The SMILES string of the molecule is Cc1c(SN2CCC(N)=C(C=N)C2)cc(C(=O)NCc2c(F)ccc(N)c2N(C)N)n1C. The Hall–Kier alpha value is -3.02. The van der Waals surface area contributed by atoms with Gasteiger partial charge < -0.3 is 31.8 Å². The van der Waals surface area contributed by atoms with Crippen molar-refractivity contribution in [1.82, 2.24) is 14.2 Å². The second-order valence-electron chi connectivity index (χ2n) is 7.70. The lowest BCUT2D eigenvalue weighted by Crippen LogP contribution is -2.31. The summed E-state index contributed by atoms with van der Waals surface area (Å²) < 4.78 is 18.3. The molecule has 8 N–H and O–H groups in total. The van der Waals surface area contributed by atoms with Gasteiger partial charge in [0.2, 0.25) is 0 Å². The summed E-state index contributed by atoms with van der Waals surface area (Å²) >= 11 is 1.53. The van der Waals surface area contributed by atoms with Crippen LogP contribution < -0.4 is 27.6 Å². The summed E-state index contributed by atoms with van der Waals surface area (Å²) in [7, 11) is 3.37. The average molecular weight is 461 g/mol. The topological polar surface area (TPSA) is 142 Å². The van der Waals surface area contributed by atoms with Crippen LogP contribution in [0.15, 0.2) is 34.4 Å². The van der Waals surface area contributed by atoms with Gasteiger partial charge in [-0.15, -0.1) is 0 Å². The molecule has 9 nitrogen and oxygen atoms in total. The first-order valence-electron chi connectivity index (χ1n) is 10.0. The number of rotatable bonds is 7. The number of nitrogens with two attached hydrogens (primary N) is 3. The van der Waals surface area contributed by atoms with Crippen LogP contribution in [0, 0.1) is 18.2 Å². The van der Waals surface area contributed by atoms with Gasteiger partial charge >= 0.3 is 0 Å². The van der Waals surface area contributed by atoms with Crippen LogP contribution in [0.1, 0.15) is 28.2 Å². The smallest absolute Gasteiger partial charge is 0.268 e. The fourth-order valence-corrected chi connectivity index (χ4v) is 4.68. The largest absolute Gasteiger partial charge is 0.402 e. The molecule has 11 heteroatoms. The molecule has 0 fully saturated rings. The monoisotopic (exact) mass is 460 g/mol. The normalized spacial score (nSPS) is 14.5. The highest BCUT2D eigenvalue weighted by Gasteiger charge is 2.22. The third-order valence-corrected chi connectivity index (χ3v) is 6.73. The summed E-state index contributed by atoms with van der Waals surface area (Å²) in [6.07, 6.45) is 1.99. The van der Waals surface area contributed by atoms with Crippen molar-refractivity contribution in [2.45, 2.75) is 24.8 Å². The van der Waals surface area contributed by atoms with Gasteiger partial charge in [0.1, 0.15) is 11.5 Å². The van der Waals surface area contributed by atoms with E-state index < -0.39 is 5.82 Å². The lowest BCUT2D eigenvalue weighted by Gasteiger charge is -2.26. The third kappa shape index (κ3) is 4.74. The van der Waals surface area contributed by atoms with E-state index in [0.29, 0.717) is 30.0 Å². The fourth-order valence-electron chi connectivity index (χ4n) is 3.59. The molecule has 172 valence electrons. The lowest BCUT2D eigenvalue weighted by atomic mass is 10.1. The Bertz CT molecular complexity index is 1080. The van der Waals surface area contributed by atoms with Crippen molar-refractivity contribution in [2.75, 3.05) is 30.9 Å².